The third-order valence-electron chi connectivity index (χ3n) is 3.45. The second-order valence-corrected chi connectivity index (χ2v) is 7.02. The Kier molecular flexibility index (Phi) is 5.16. The van der Waals surface area contributed by atoms with E-state index in [2.05, 4.69) is 25.6 Å². The van der Waals surface area contributed by atoms with Gasteiger partial charge < -0.3 is 9.84 Å². The maximum atomic E-state index is 12.5. The quantitative estimate of drug-likeness (QED) is 0.549. The first-order valence-electron chi connectivity index (χ1n) is 7.41. The molecule has 0 radical (unpaired) electrons. The molecule has 3 rings (SSSR count). The molecule has 0 spiro atoms. The van der Waals surface area contributed by atoms with E-state index >= 15 is 0 Å². The van der Waals surface area contributed by atoms with Gasteiger partial charge in [0, 0.05) is 13.1 Å². The van der Waals surface area contributed by atoms with Gasteiger partial charge in [-0.3, -0.25) is 0 Å². The normalized spacial score (nSPS) is 17.2. The topological polar surface area (TPSA) is 136 Å². The Morgan fingerprint density at radius 2 is 2.00 bits per heavy atom. The van der Waals surface area contributed by atoms with Crippen LogP contribution in [0.3, 0.4) is 0 Å². The van der Waals surface area contributed by atoms with Crippen molar-refractivity contribution in [3.63, 3.8) is 0 Å². The second-order valence-electron chi connectivity index (χ2n) is 5.08. The van der Waals surface area contributed by atoms with E-state index in [1.54, 1.807) is 12.1 Å². The van der Waals surface area contributed by atoms with Crippen molar-refractivity contribution >= 4 is 27.9 Å². The van der Waals surface area contributed by atoms with Crippen LogP contribution in [-0.2, 0) is 14.8 Å². The smallest absolute Gasteiger partial charge is 0.288 e. The first-order valence-corrected chi connectivity index (χ1v) is 8.85. The molecule has 10 nitrogen and oxygen atoms in total. The molecular weight excluding hydrogens is 348 g/mol. The summed E-state index contributed by atoms with van der Waals surface area (Å²) in [6.07, 6.45) is 2.76. The molecule has 25 heavy (non-hydrogen) atoms. The van der Waals surface area contributed by atoms with Crippen molar-refractivity contribution < 1.29 is 18.3 Å². The van der Waals surface area contributed by atoms with E-state index in [0.717, 1.165) is 0 Å². The van der Waals surface area contributed by atoms with Crippen LogP contribution >= 0.6 is 0 Å². The highest BCUT2D eigenvalue weighted by Gasteiger charge is 2.25. The number of aromatic amines is 1. The lowest BCUT2D eigenvalue weighted by molar-refractivity contribution is -0.211. The SMILES string of the molecule is O=S(=O)(c1ccc(/C=C/C([O-])=Nc2nn[nH]n2)cc1)N1CCOCC1. The lowest BCUT2D eigenvalue weighted by atomic mass is 10.2. The number of tetrazole rings is 1. The summed E-state index contributed by atoms with van der Waals surface area (Å²) in [5.41, 5.74) is 0.664. The van der Waals surface area contributed by atoms with Gasteiger partial charge in [0.25, 0.3) is 5.95 Å². The zero-order chi connectivity index (χ0) is 17.7. The number of ether oxygens (including phenoxy) is 1. The van der Waals surface area contributed by atoms with Crippen LogP contribution in [0.15, 0.2) is 40.2 Å². The molecule has 1 aromatic heterocycles. The summed E-state index contributed by atoms with van der Waals surface area (Å²) in [7, 11) is -3.53. The van der Waals surface area contributed by atoms with E-state index in [1.165, 1.54) is 28.6 Å². The molecule has 0 unspecified atom stereocenters. The average Bonchev–Trinajstić information content (AvgIpc) is 3.14. The summed E-state index contributed by atoms with van der Waals surface area (Å²) in [4.78, 5) is 3.80. The molecule has 1 aromatic carbocycles. The molecule has 1 saturated heterocycles. The summed E-state index contributed by atoms with van der Waals surface area (Å²) >= 11 is 0. The Hall–Kier alpha value is -2.63. The standard InChI is InChI=1S/C14H16N6O4S/c21-13(15-14-16-18-19-17-14)6-3-11-1-4-12(5-2-11)25(22,23)20-7-9-24-10-8-20/h1-6H,7-10H2,(H2,15,16,17,18,19,21)/p-1/b6-3+. The highest BCUT2D eigenvalue weighted by atomic mass is 32.2. The monoisotopic (exact) mass is 363 g/mol. The van der Waals surface area contributed by atoms with Gasteiger partial charge in [0.2, 0.25) is 10.0 Å². The van der Waals surface area contributed by atoms with E-state index in [-0.39, 0.29) is 10.8 Å². The van der Waals surface area contributed by atoms with Crippen molar-refractivity contribution in [3.8, 4) is 0 Å². The van der Waals surface area contributed by atoms with E-state index in [9.17, 15) is 13.5 Å². The Bertz CT molecular complexity index is 855. The van der Waals surface area contributed by atoms with Crippen molar-refractivity contribution in [1.82, 2.24) is 24.9 Å². The molecular formula is C14H15N6O4S-. The van der Waals surface area contributed by atoms with Crippen molar-refractivity contribution in [2.75, 3.05) is 26.3 Å². The van der Waals surface area contributed by atoms with Crippen LogP contribution in [-0.4, -0.2) is 65.5 Å². The van der Waals surface area contributed by atoms with Gasteiger partial charge in [-0.15, -0.1) is 5.10 Å². The summed E-state index contributed by atoms with van der Waals surface area (Å²) < 4.78 is 31.6. The third-order valence-corrected chi connectivity index (χ3v) is 5.36. The second kappa shape index (κ2) is 7.51. The van der Waals surface area contributed by atoms with Crippen molar-refractivity contribution in [3.05, 3.63) is 35.9 Å². The molecule has 11 heteroatoms. The lowest BCUT2D eigenvalue weighted by Crippen LogP contribution is -2.40. The van der Waals surface area contributed by atoms with Crippen LogP contribution in [0.25, 0.3) is 6.08 Å². The predicted octanol–water partition coefficient (Wildman–Crippen LogP) is -0.676. The molecule has 1 fully saturated rings. The number of hydrogen-bond acceptors (Lipinski definition) is 8. The number of rotatable bonds is 5. The largest absolute Gasteiger partial charge is 0.859 e. The predicted molar refractivity (Wildman–Crippen MR) is 86.3 cm³/mol. The van der Waals surface area contributed by atoms with Crippen molar-refractivity contribution in [1.29, 1.82) is 0 Å². The van der Waals surface area contributed by atoms with Gasteiger partial charge in [-0.2, -0.15) is 9.52 Å². The summed E-state index contributed by atoms with van der Waals surface area (Å²) in [6, 6.07) is 6.24. The number of aliphatic imine (C=N–C) groups is 1. The van der Waals surface area contributed by atoms with Gasteiger partial charge in [-0.25, -0.2) is 13.4 Å². The molecule has 0 aliphatic carbocycles. The van der Waals surface area contributed by atoms with E-state index in [1.807, 2.05) is 0 Å². The minimum Gasteiger partial charge on any atom is -0.859 e. The van der Waals surface area contributed by atoms with Crippen LogP contribution in [0.4, 0.5) is 5.95 Å². The highest BCUT2D eigenvalue weighted by molar-refractivity contribution is 7.89. The van der Waals surface area contributed by atoms with Crippen LogP contribution in [0.2, 0.25) is 0 Å². The minimum atomic E-state index is -3.53. The number of aromatic nitrogens is 4. The number of sulfonamides is 1. The number of hydrogen-bond donors (Lipinski definition) is 1. The summed E-state index contributed by atoms with van der Waals surface area (Å²) in [6.45, 7) is 1.48. The maximum Gasteiger partial charge on any atom is 0.288 e. The third kappa shape index (κ3) is 4.26. The Morgan fingerprint density at radius 1 is 1.28 bits per heavy atom. The van der Waals surface area contributed by atoms with Crippen LogP contribution in [0, 0.1) is 0 Å². The molecule has 2 heterocycles. The van der Waals surface area contributed by atoms with Gasteiger partial charge in [-0.05, 0) is 28.8 Å². The van der Waals surface area contributed by atoms with Gasteiger partial charge in [0.05, 0.1) is 18.1 Å². The maximum absolute atomic E-state index is 12.5. The molecule has 0 bridgehead atoms. The van der Waals surface area contributed by atoms with Gasteiger partial charge >= 0.3 is 0 Å². The fourth-order valence-electron chi connectivity index (χ4n) is 2.19. The van der Waals surface area contributed by atoms with E-state index in [0.29, 0.717) is 31.9 Å². The van der Waals surface area contributed by atoms with E-state index < -0.39 is 15.9 Å². The van der Waals surface area contributed by atoms with Gasteiger partial charge in [0.15, 0.2) is 0 Å². The number of nitrogens with one attached hydrogen (secondary N) is 1. The van der Waals surface area contributed by atoms with Gasteiger partial charge in [0.1, 0.15) is 0 Å². The summed E-state index contributed by atoms with van der Waals surface area (Å²) in [5, 5.41) is 24.2. The highest BCUT2D eigenvalue weighted by Crippen LogP contribution is 2.18. The van der Waals surface area contributed by atoms with Gasteiger partial charge in [-0.1, -0.05) is 29.4 Å². The fourth-order valence-corrected chi connectivity index (χ4v) is 3.60. The molecule has 0 saturated carbocycles. The molecule has 1 N–H and O–H groups in total. The number of nitrogens with zero attached hydrogens (tertiary/aromatic N) is 5. The first kappa shape index (κ1) is 17.2. The van der Waals surface area contributed by atoms with Crippen LogP contribution < -0.4 is 5.11 Å². The number of benzene rings is 1. The summed E-state index contributed by atoms with van der Waals surface area (Å²) in [5.74, 6) is -0.604. The Labute approximate surface area is 143 Å². The molecule has 1 aliphatic rings. The van der Waals surface area contributed by atoms with E-state index in [4.69, 9.17) is 4.74 Å². The van der Waals surface area contributed by atoms with Crippen LogP contribution in [0.5, 0.6) is 0 Å². The average molecular weight is 363 g/mol. The van der Waals surface area contributed by atoms with Crippen molar-refractivity contribution in [2.45, 2.75) is 4.90 Å². The Morgan fingerprint density at radius 3 is 2.64 bits per heavy atom. The lowest BCUT2D eigenvalue weighted by Gasteiger charge is -2.26. The van der Waals surface area contributed by atoms with Crippen LogP contribution in [0.1, 0.15) is 5.56 Å². The number of H-pyrrole nitrogens is 1. The fraction of sp³-hybridized carbons (Fsp3) is 0.286. The Balaban J connectivity index is 1.70. The molecule has 0 amide bonds. The zero-order valence-corrected chi connectivity index (χ0v) is 13.9. The molecule has 2 aromatic rings. The molecule has 132 valence electrons. The van der Waals surface area contributed by atoms with Crippen molar-refractivity contribution in [2.24, 2.45) is 4.99 Å². The molecule has 1 aliphatic heterocycles. The molecule has 0 atom stereocenters. The number of morpholine rings is 1. The zero-order valence-electron chi connectivity index (χ0n) is 13.1. The minimum absolute atomic E-state index is 0.0541. The first-order chi connectivity index (χ1) is 12.1.